The monoisotopic (exact) mass is 382 g/mol. The van der Waals surface area contributed by atoms with Crippen LogP contribution in [-0.2, 0) is 17.6 Å². The average molecular weight is 383 g/mol. The third kappa shape index (κ3) is 4.60. The summed E-state index contributed by atoms with van der Waals surface area (Å²) in [5.74, 6) is -0.445. The number of nitrogens with zero attached hydrogens (tertiary/aromatic N) is 2. The molecule has 26 heavy (non-hydrogen) atoms. The molecule has 0 saturated carbocycles. The molecule has 1 amide bonds. The van der Waals surface area contributed by atoms with Crippen LogP contribution in [0.15, 0.2) is 24.3 Å². The molecule has 2 N–H and O–H groups in total. The fourth-order valence-corrected chi connectivity index (χ4v) is 3.06. The molecule has 0 fully saturated rings. The number of carbonyl (C=O) groups is 1. The van der Waals surface area contributed by atoms with E-state index in [1.807, 2.05) is 0 Å². The summed E-state index contributed by atoms with van der Waals surface area (Å²) in [5, 5.41) is 10.6. The Morgan fingerprint density at radius 3 is 2.73 bits per heavy atom. The van der Waals surface area contributed by atoms with Crippen molar-refractivity contribution in [3.05, 3.63) is 47.0 Å². The fourth-order valence-electron chi connectivity index (χ4n) is 3.06. The van der Waals surface area contributed by atoms with Crippen LogP contribution in [0.1, 0.15) is 28.2 Å². The van der Waals surface area contributed by atoms with E-state index < -0.39 is 0 Å². The van der Waals surface area contributed by atoms with E-state index in [4.69, 9.17) is 4.74 Å². The van der Waals surface area contributed by atoms with Crippen molar-refractivity contribution < 1.29 is 13.9 Å². The van der Waals surface area contributed by atoms with Crippen molar-refractivity contribution in [3.63, 3.8) is 0 Å². The van der Waals surface area contributed by atoms with Gasteiger partial charge in [0.15, 0.2) is 5.69 Å². The molecule has 0 saturated heterocycles. The van der Waals surface area contributed by atoms with Crippen LogP contribution in [0.3, 0.4) is 0 Å². The molecular formula is C18H24ClFN4O2. The van der Waals surface area contributed by atoms with Gasteiger partial charge < -0.3 is 15.4 Å². The largest absolute Gasteiger partial charge is 0.383 e. The average Bonchev–Trinajstić information content (AvgIpc) is 3.21. The number of nitrogens with one attached hydrogen (secondary N) is 2. The van der Waals surface area contributed by atoms with Gasteiger partial charge in [0.25, 0.3) is 5.91 Å². The van der Waals surface area contributed by atoms with Crippen LogP contribution in [0.5, 0.6) is 0 Å². The Hall–Kier alpha value is -1.96. The second-order valence-electron chi connectivity index (χ2n) is 6.01. The first-order valence-corrected chi connectivity index (χ1v) is 8.55. The summed E-state index contributed by atoms with van der Waals surface area (Å²) >= 11 is 0. The standard InChI is InChI=1S/C18H23FN4O2.ClH/c1-25-12-11-20-9-10-21-18(24)17-15-3-2-4-16(15)23(22-17)14-7-5-13(19)6-8-14;/h5-8,20H,2-4,9-12H2,1H3,(H,21,24);1H. The number of aromatic nitrogens is 2. The molecule has 6 nitrogen and oxygen atoms in total. The molecular weight excluding hydrogens is 359 g/mol. The molecule has 0 radical (unpaired) electrons. The highest BCUT2D eigenvalue weighted by Crippen LogP contribution is 2.27. The van der Waals surface area contributed by atoms with Gasteiger partial charge in [-0.15, -0.1) is 12.4 Å². The molecule has 1 aliphatic carbocycles. The number of rotatable bonds is 8. The third-order valence-corrected chi connectivity index (χ3v) is 4.29. The predicted octanol–water partition coefficient (Wildman–Crippen LogP) is 1.89. The van der Waals surface area contributed by atoms with Gasteiger partial charge in [0.2, 0.25) is 0 Å². The Balaban J connectivity index is 0.00000243. The Morgan fingerprint density at radius 1 is 1.23 bits per heavy atom. The van der Waals surface area contributed by atoms with Gasteiger partial charge in [0, 0.05) is 38.0 Å². The van der Waals surface area contributed by atoms with Crippen LogP contribution in [0.4, 0.5) is 4.39 Å². The van der Waals surface area contributed by atoms with Gasteiger partial charge in [0.1, 0.15) is 5.82 Å². The Labute approximate surface area is 158 Å². The number of halogens is 2. The van der Waals surface area contributed by atoms with E-state index in [1.165, 1.54) is 12.1 Å². The van der Waals surface area contributed by atoms with Crippen LogP contribution in [0.25, 0.3) is 5.69 Å². The zero-order chi connectivity index (χ0) is 17.6. The van der Waals surface area contributed by atoms with Gasteiger partial charge in [-0.25, -0.2) is 9.07 Å². The lowest BCUT2D eigenvalue weighted by Gasteiger charge is -2.06. The molecule has 1 aromatic carbocycles. The fraction of sp³-hybridized carbons (Fsp3) is 0.444. The highest BCUT2D eigenvalue weighted by Gasteiger charge is 2.26. The summed E-state index contributed by atoms with van der Waals surface area (Å²) in [6.45, 7) is 2.60. The number of ether oxygens (including phenoxy) is 1. The number of carbonyl (C=O) groups excluding carboxylic acids is 1. The van der Waals surface area contributed by atoms with E-state index in [0.717, 1.165) is 42.8 Å². The van der Waals surface area contributed by atoms with Gasteiger partial charge in [-0.05, 0) is 43.5 Å². The Bertz CT molecular complexity index is 734. The summed E-state index contributed by atoms with van der Waals surface area (Å²) in [6, 6.07) is 6.18. The summed E-state index contributed by atoms with van der Waals surface area (Å²) < 4.78 is 19.9. The molecule has 1 aliphatic rings. The van der Waals surface area contributed by atoms with Crippen molar-refractivity contribution in [1.29, 1.82) is 0 Å². The maximum absolute atomic E-state index is 13.2. The molecule has 0 bridgehead atoms. The molecule has 0 atom stereocenters. The quantitative estimate of drug-likeness (QED) is 0.684. The minimum Gasteiger partial charge on any atom is -0.383 e. The minimum absolute atomic E-state index is 0. The lowest BCUT2D eigenvalue weighted by atomic mass is 10.2. The zero-order valence-corrected chi connectivity index (χ0v) is 15.6. The van der Waals surface area contributed by atoms with Gasteiger partial charge in [0.05, 0.1) is 12.3 Å². The predicted molar refractivity (Wildman–Crippen MR) is 99.9 cm³/mol. The molecule has 1 heterocycles. The van der Waals surface area contributed by atoms with E-state index in [2.05, 4.69) is 15.7 Å². The second kappa shape index (κ2) is 9.66. The molecule has 3 rings (SSSR count). The summed E-state index contributed by atoms with van der Waals surface area (Å²) in [6.07, 6.45) is 2.74. The smallest absolute Gasteiger partial charge is 0.272 e. The minimum atomic E-state index is -0.286. The second-order valence-corrected chi connectivity index (χ2v) is 6.01. The molecule has 2 aromatic rings. The molecule has 0 aliphatic heterocycles. The topological polar surface area (TPSA) is 68.2 Å². The first-order chi connectivity index (χ1) is 12.2. The van der Waals surface area contributed by atoms with Crippen LogP contribution in [0, 0.1) is 5.82 Å². The van der Waals surface area contributed by atoms with Crippen LogP contribution >= 0.6 is 12.4 Å². The third-order valence-electron chi connectivity index (χ3n) is 4.29. The number of hydrogen-bond acceptors (Lipinski definition) is 4. The number of amides is 1. The van der Waals surface area contributed by atoms with Gasteiger partial charge in [-0.3, -0.25) is 4.79 Å². The van der Waals surface area contributed by atoms with Crippen molar-refractivity contribution in [2.75, 3.05) is 33.4 Å². The Morgan fingerprint density at radius 2 is 2.00 bits per heavy atom. The van der Waals surface area contributed by atoms with E-state index >= 15 is 0 Å². The number of benzene rings is 1. The van der Waals surface area contributed by atoms with E-state index in [1.54, 1.807) is 23.9 Å². The van der Waals surface area contributed by atoms with Crippen molar-refractivity contribution in [2.45, 2.75) is 19.3 Å². The maximum atomic E-state index is 13.2. The summed E-state index contributed by atoms with van der Waals surface area (Å²) in [5.41, 5.74) is 3.32. The van der Waals surface area contributed by atoms with Crippen molar-refractivity contribution in [1.82, 2.24) is 20.4 Å². The SMILES string of the molecule is COCCNCCNC(=O)c1nn(-c2ccc(F)cc2)c2c1CCC2.Cl. The zero-order valence-electron chi connectivity index (χ0n) is 14.8. The van der Waals surface area contributed by atoms with Crippen LogP contribution in [-0.4, -0.2) is 49.0 Å². The van der Waals surface area contributed by atoms with Crippen molar-refractivity contribution >= 4 is 18.3 Å². The highest BCUT2D eigenvalue weighted by molar-refractivity contribution is 5.94. The lowest BCUT2D eigenvalue weighted by molar-refractivity contribution is 0.0947. The normalized spacial score (nSPS) is 12.5. The molecule has 0 spiro atoms. The first-order valence-electron chi connectivity index (χ1n) is 8.55. The van der Waals surface area contributed by atoms with Crippen molar-refractivity contribution in [2.24, 2.45) is 0 Å². The van der Waals surface area contributed by atoms with Gasteiger partial charge in [-0.2, -0.15) is 5.10 Å². The highest BCUT2D eigenvalue weighted by atomic mass is 35.5. The number of hydrogen-bond donors (Lipinski definition) is 2. The van der Waals surface area contributed by atoms with E-state index in [0.29, 0.717) is 25.4 Å². The van der Waals surface area contributed by atoms with E-state index in [9.17, 15) is 9.18 Å². The lowest BCUT2D eigenvalue weighted by Crippen LogP contribution is -2.33. The summed E-state index contributed by atoms with van der Waals surface area (Å²) in [4.78, 5) is 12.5. The van der Waals surface area contributed by atoms with Gasteiger partial charge in [-0.1, -0.05) is 0 Å². The number of methoxy groups -OCH3 is 1. The molecule has 1 aromatic heterocycles. The Kier molecular flexibility index (Phi) is 7.56. The molecule has 142 valence electrons. The summed E-state index contributed by atoms with van der Waals surface area (Å²) in [7, 11) is 1.65. The molecule has 8 heteroatoms. The van der Waals surface area contributed by atoms with Crippen molar-refractivity contribution in [3.8, 4) is 5.69 Å². The number of fused-ring (bicyclic) bond motifs is 1. The van der Waals surface area contributed by atoms with Gasteiger partial charge >= 0.3 is 0 Å². The van der Waals surface area contributed by atoms with Crippen LogP contribution in [0.2, 0.25) is 0 Å². The first kappa shape index (κ1) is 20.4. The maximum Gasteiger partial charge on any atom is 0.272 e. The van der Waals surface area contributed by atoms with Crippen LogP contribution < -0.4 is 10.6 Å². The molecule has 0 unspecified atom stereocenters. The van der Waals surface area contributed by atoms with E-state index in [-0.39, 0.29) is 24.1 Å².